The molecule has 0 saturated carbocycles. The summed E-state index contributed by atoms with van der Waals surface area (Å²) in [6.07, 6.45) is -0.412. The second-order valence-electron chi connectivity index (χ2n) is 7.40. The molecular weight excluding hydrogens is 417 g/mol. The van der Waals surface area contributed by atoms with Crippen molar-refractivity contribution < 1.29 is 37.4 Å². The summed E-state index contributed by atoms with van der Waals surface area (Å²) < 4.78 is 37.2. The zero-order chi connectivity index (χ0) is 22.9. The average molecular weight is 444 g/mol. The van der Waals surface area contributed by atoms with Gasteiger partial charge in [-0.05, 0) is 56.0 Å². The summed E-state index contributed by atoms with van der Waals surface area (Å²) in [5.41, 5.74) is 3.31. The number of carbonyl (C=O) groups is 3. The molecule has 0 bridgehead atoms. The Bertz CT molecular complexity index is 777. The largest absolute Gasteiger partial charge is 0.490 e. The van der Waals surface area contributed by atoms with Crippen LogP contribution in [0.3, 0.4) is 0 Å². The van der Waals surface area contributed by atoms with Gasteiger partial charge in [0, 0.05) is 31.6 Å². The van der Waals surface area contributed by atoms with Crippen molar-refractivity contribution in [2.75, 3.05) is 26.2 Å². The number of Topliss-reactive ketones (excluding diaryl/α,β-unsaturated/α-hetero) is 1. The smallest absolute Gasteiger partial charge is 0.475 e. The van der Waals surface area contributed by atoms with E-state index in [2.05, 4.69) is 16.7 Å². The second-order valence-corrected chi connectivity index (χ2v) is 7.40. The number of carbonyl (C=O) groups excluding carboxylic acids is 2. The number of hydrogen-bond donors (Lipinski definition) is 3. The highest BCUT2D eigenvalue weighted by atomic mass is 19.4. The third-order valence-corrected chi connectivity index (χ3v) is 5.04. The summed E-state index contributed by atoms with van der Waals surface area (Å²) in [6.45, 7) is 3.28. The molecule has 3 N–H and O–H groups in total. The van der Waals surface area contributed by atoms with Gasteiger partial charge in [0.05, 0.1) is 6.10 Å². The van der Waals surface area contributed by atoms with Gasteiger partial charge in [-0.15, -0.1) is 0 Å². The molecule has 0 radical (unpaired) electrons. The second kappa shape index (κ2) is 11.8. The summed E-state index contributed by atoms with van der Waals surface area (Å²) >= 11 is 0. The van der Waals surface area contributed by atoms with E-state index in [1.807, 2.05) is 12.1 Å². The predicted molar refractivity (Wildman–Crippen MR) is 106 cm³/mol. The van der Waals surface area contributed by atoms with Crippen LogP contribution in [-0.4, -0.2) is 61.3 Å². The maximum absolute atomic E-state index is 12.4. The van der Waals surface area contributed by atoms with Gasteiger partial charge in [-0.3, -0.25) is 9.59 Å². The first kappa shape index (κ1) is 24.8. The molecule has 1 amide bonds. The minimum Gasteiger partial charge on any atom is -0.475 e. The number of alkyl halides is 3. The number of hydrogen-bond acceptors (Lipinski definition) is 5. The van der Waals surface area contributed by atoms with Gasteiger partial charge < -0.3 is 20.5 Å². The molecule has 1 saturated heterocycles. The highest BCUT2D eigenvalue weighted by Gasteiger charge is 2.38. The molecule has 1 unspecified atom stereocenters. The van der Waals surface area contributed by atoms with Crippen LogP contribution < -0.4 is 10.6 Å². The van der Waals surface area contributed by atoms with Crippen molar-refractivity contribution in [2.24, 2.45) is 0 Å². The van der Waals surface area contributed by atoms with E-state index in [4.69, 9.17) is 14.6 Å². The van der Waals surface area contributed by atoms with Crippen LogP contribution in [0.15, 0.2) is 18.2 Å². The zero-order valence-corrected chi connectivity index (χ0v) is 17.1. The lowest BCUT2D eigenvalue weighted by molar-refractivity contribution is -0.192. The molecule has 1 atom stereocenters. The monoisotopic (exact) mass is 444 g/mol. The molecule has 0 spiro atoms. The maximum atomic E-state index is 12.4. The van der Waals surface area contributed by atoms with E-state index in [1.165, 1.54) is 11.1 Å². The fourth-order valence-corrected chi connectivity index (χ4v) is 3.34. The highest BCUT2D eigenvalue weighted by Crippen LogP contribution is 2.17. The number of aliphatic carboxylic acids is 1. The van der Waals surface area contributed by atoms with Gasteiger partial charge in [0.25, 0.3) is 0 Å². The first-order valence-electron chi connectivity index (χ1n) is 10.2. The predicted octanol–water partition coefficient (Wildman–Crippen LogP) is 2.27. The quantitative estimate of drug-likeness (QED) is 0.582. The van der Waals surface area contributed by atoms with E-state index in [9.17, 15) is 22.8 Å². The molecule has 2 heterocycles. The van der Waals surface area contributed by atoms with Crippen LogP contribution in [0.4, 0.5) is 13.2 Å². The maximum Gasteiger partial charge on any atom is 0.490 e. The fraction of sp³-hybridized carbons (Fsp3) is 0.571. The average Bonchev–Trinajstić information content (AvgIpc) is 3.13. The molecule has 1 aromatic rings. The Balaban J connectivity index is 0.000000423. The van der Waals surface area contributed by atoms with E-state index < -0.39 is 12.1 Å². The fourth-order valence-electron chi connectivity index (χ4n) is 3.34. The van der Waals surface area contributed by atoms with Crippen LogP contribution in [0.25, 0.3) is 0 Å². The number of ketones is 1. The molecule has 7 nitrogen and oxygen atoms in total. The van der Waals surface area contributed by atoms with E-state index in [1.54, 1.807) is 0 Å². The van der Waals surface area contributed by atoms with Crippen LogP contribution in [-0.2, 0) is 27.2 Å². The van der Waals surface area contributed by atoms with Gasteiger partial charge in [-0.1, -0.05) is 12.1 Å². The standard InChI is InChI=1S/C19H26N2O3.C2HF3O2/c22-18(5-6-19(23)21-13-17-2-1-11-24-17)16-4-3-14-7-9-20-10-8-15(14)12-16;3-2(4,5)1(6)7/h3-4,12,17,20H,1-2,5-11,13H2,(H,21,23);(H,6,7). The number of nitrogens with one attached hydrogen (secondary N) is 2. The van der Waals surface area contributed by atoms with Crippen molar-refractivity contribution in [1.82, 2.24) is 10.6 Å². The van der Waals surface area contributed by atoms with Gasteiger partial charge in [-0.2, -0.15) is 13.2 Å². The Labute approximate surface area is 178 Å². The SMILES string of the molecule is O=C(CCC(=O)c1ccc2c(c1)CCNCC2)NCC1CCCO1.O=C(O)C(F)(F)F. The number of halogens is 3. The Hall–Kier alpha value is -2.46. The van der Waals surface area contributed by atoms with Crippen molar-refractivity contribution >= 4 is 17.7 Å². The number of amides is 1. The molecule has 0 aromatic heterocycles. The molecular formula is C21H27F3N2O5. The third-order valence-electron chi connectivity index (χ3n) is 5.04. The number of benzene rings is 1. The summed E-state index contributed by atoms with van der Waals surface area (Å²) in [5.74, 6) is -2.78. The van der Waals surface area contributed by atoms with E-state index in [-0.39, 0.29) is 30.6 Å². The molecule has 31 heavy (non-hydrogen) atoms. The first-order chi connectivity index (χ1) is 14.7. The Morgan fingerprint density at radius 1 is 1.13 bits per heavy atom. The van der Waals surface area contributed by atoms with Gasteiger partial charge in [0.15, 0.2) is 5.78 Å². The summed E-state index contributed by atoms with van der Waals surface area (Å²) in [5, 5.41) is 13.4. The zero-order valence-electron chi connectivity index (χ0n) is 17.1. The minimum absolute atomic E-state index is 0.0438. The van der Waals surface area contributed by atoms with Crippen LogP contribution >= 0.6 is 0 Å². The molecule has 1 fully saturated rings. The van der Waals surface area contributed by atoms with E-state index in [0.29, 0.717) is 6.54 Å². The lowest BCUT2D eigenvalue weighted by Gasteiger charge is -2.11. The lowest BCUT2D eigenvalue weighted by atomic mass is 9.97. The first-order valence-corrected chi connectivity index (χ1v) is 10.2. The van der Waals surface area contributed by atoms with Crippen molar-refractivity contribution in [2.45, 2.75) is 50.8 Å². The normalized spacial score (nSPS) is 18.2. The molecule has 2 aliphatic rings. The number of fused-ring (bicyclic) bond motifs is 1. The highest BCUT2D eigenvalue weighted by molar-refractivity contribution is 5.98. The van der Waals surface area contributed by atoms with Gasteiger partial charge >= 0.3 is 12.1 Å². The van der Waals surface area contributed by atoms with Crippen LogP contribution in [0.5, 0.6) is 0 Å². The lowest BCUT2D eigenvalue weighted by Crippen LogP contribution is -2.31. The van der Waals surface area contributed by atoms with Crippen LogP contribution in [0.1, 0.15) is 47.2 Å². The van der Waals surface area contributed by atoms with Crippen molar-refractivity contribution in [3.63, 3.8) is 0 Å². The number of ether oxygens (including phenoxy) is 1. The summed E-state index contributed by atoms with van der Waals surface area (Å²) in [4.78, 5) is 33.1. The van der Waals surface area contributed by atoms with E-state index in [0.717, 1.165) is 50.9 Å². The molecule has 1 aromatic carbocycles. The molecule has 3 rings (SSSR count). The van der Waals surface area contributed by atoms with Crippen molar-refractivity contribution in [3.8, 4) is 0 Å². The number of carboxylic acids is 1. The number of carboxylic acid groups (broad SMARTS) is 1. The Kier molecular flexibility index (Phi) is 9.44. The van der Waals surface area contributed by atoms with E-state index >= 15 is 0 Å². The topological polar surface area (TPSA) is 105 Å². The minimum atomic E-state index is -5.08. The summed E-state index contributed by atoms with van der Waals surface area (Å²) in [7, 11) is 0. The molecule has 10 heteroatoms. The van der Waals surface area contributed by atoms with Gasteiger partial charge in [0.2, 0.25) is 5.91 Å². The van der Waals surface area contributed by atoms with Crippen molar-refractivity contribution in [3.05, 3.63) is 34.9 Å². The Morgan fingerprint density at radius 2 is 1.81 bits per heavy atom. The van der Waals surface area contributed by atoms with Gasteiger partial charge in [-0.25, -0.2) is 4.79 Å². The molecule has 172 valence electrons. The third kappa shape index (κ3) is 8.66. The van der Waals surface area contributed by atoms with Crippen LogP contribution in [0.2, 0.25) is 0 Å². The Morgan fingerprint density at radius 3 is 2.42 bits per heavy atom. The van der Waals surface area contributed by atoms with Crippen molar-refractivity contribution in [1.29, 1.82) is 0 Å². The molecule has 0 aliphatic carbocycles. The molecule has 2 aliphatic heterocycles. The summed E-state index contributed by atoms with van der Waals surface area (Å²) in [6, 6.07) is 5.97. The number of rotatable bonds is 6. The van der Waals surface area contributed by atoms with Crippen LogP contribution in [0, 0.1) is 0 Å². The van der Waals surface area contributed by atoms with Gasteiger partial charge in [0.1, 0.15) is 0 Å².